The Labute approximate surface area is 131 Å². The molecule has 0 saturated carbocycles. The van der Waals surface area contributed by atoms with Crippen molar-refractivity contribution in [1.82, 2.24) is 0 Å². The summed E-state index contributed by atoms with van der Waals surface area (Å²) < 4.78 is 48.8. The summed E-state index contributed by atoms with van der Waals surface area (Å²) in [5, 5.41) is 14.4. The van der Waals surface area contributed by atoms with Gasteiger partial charge in [0.15, 0.2) is 21.6 Å². The average Bonchev–Trinajstić information content (AvgIpc) is 2.51. The molecule has 2 aromatic carbocycles. The van der Waals surface area contributed by atoms with Gasteiger partial charge in [0, 0.05) is 0 Å². The third kappa shape index (κ3) is 5.99. The van der Waals surface area contributed by atoms with Gasteiger partial charge in [-0.05, 0) is 48.5 Å². The van der Waals surface area contributed by atoms with Crippen molar-refractivity contribution in [2.24, 2.45) is 20.5 Å². The third-order valence-electron chi connectivity index (χ3n) is 2.53. The SMILES string of the molecule is O=S(=O)(CN=Nc1ccc(F)cc1)CN=Nc1ccc(F)cc1. The summed E-state index contributed by atoms with van der Waals surface area (Å²) in [7, 11) is -3.61. The summed E-state index contributed by atoms with van der Waals surface area (Å²) in [4.78, 5) is 0. The summed E-state index contributed by atoms with van der Waals surface area (Å²) in [5.41, 5.74) is 0.684. The lowest BCUT2D eigenvalue weighted by molar-refractivity contribution is 0.595. The first-order valence-corrected chi connectivity index (χ1v) is 8.23. The molecule has 0 saturated heterocycles. The number of halogens is 2. The van der Waals surface area contributed by atoms with Crippen molar-refractivity contribution in [3.8, 4) is 0 Å². The molecule has 0 spiro atoms. The Bertz CT molecular complexity index is 740. The van der Waals surface area contributed by atoms with Crippen LogP contribution in [0.15, 0.2) is 69.0 Å². The number of hydrogen-bond acceptors (Lipinski definition) is 6. The predicted molar refractivity (Wildman–Crippen MR) is 80.5 cm³/mol. The molecule has 0 atom stereocenters. The Morgan fingerprint density at radius 2 is 1.04 bits per heavy atom. The number of nitrogens with zero attached hydrogens (tertiary/aromatic N) is 4. The van der Waals surface area contributed by atoms with Crippen LogP contribution >= 0.6 is 0 Å². The Kier molecular flexibility index (Phi) is 5.58. The van der Waals surface area contributed by atoms with Crippen molar-refractivity contribution in [3.63, 3.8) is 0 Å². The van der Waals surface area contributed by atoms with Crippen LogP contribution in [0.3, 0.4) is 0 Å². The van der Waals surface area contributed by atoms with E-state index in [0.29, 0.717) is 11.4 Å². The summed E-state index contributed by atoms with van der Waals surface area (Å²) in [6, 6.07) is 10.3. The van der Waals surface area contributed by atoms with Crippen LogP contribution in [0.5, 0.6) is 0 Å². The fourth-order valence-corrected chi connectivity index (χ4v) is 2.00. The van der Waals surface area contributed by atoms with Crippen molar-refractivity contribution in [3.05, 3.63) is 60.2 Å². The minimum Gasteiger partial charge on any atom is -0.225 e. The second-order valence-corrected chi connectivity index (χ2v) is 6.44. The molecule has 0 N–H and O–H groups in total. The number of hydrogen-bond donors (Lipinski definition) is 0. The topological polar surface area (TPSA) is 83.6 Å². The van der Waals surface area contributed by atoms with Gasteiger partial charge in [0.1, 0.15) is 11.6 Å². The van der Waals surface area contributed by atoms with Crippen LogP contribution in [-0.2, 0) is 9.84 Å². The molecule has 9 heteroatoms. The van der Waals surface area contributed by atoms with Crippen LogP contribution in [-0.4, -0.2) is 20.2 Å². The van der Waals surface area contributed by atoms with Crippen molar-refractivity contribution in [2.75, 3.05) is 11.8 Å². The van der Waals surface area contributed by atoms with Crippen molar-refractivity contribution in [1.29, 1.82) is 0 Å². The van der Waals surface area contributed by atoms with E-state index in [9.17, 15) is 17.2 Å². The highest BCUT2D eigenvalue weighted by molar-refractivity contribution is 7.91. The van der Waals surface area contributed by atoms with Crippen molar-refractivity contribution >= 4 is 21.2 Å². The quantitative estimate of drug-likeness (QED) is 0.741. The first kappa shape index (κ1) is 16.8. The zero-order valence-electron chi connectivity index (χ0n) is 11.8. The Morgan fingerprint density at radius 3 is 1.39 bits per heavy atom. The lowest BCUT2D eigenvalue weighted by Crippen LogP contribution is -2.06. The molecule has 0 aliphatic heterocycles. The predicted octanol–water partition coefficient (Wildman–Crippen LogP) is 4.16. The van der Waals surface area contributed by atoms with Gasteiger partial charge in [-0.3, -0.25) is 0 Å². The zero-order valence-corrected chi connectivity index (χ0v) is 12.6. The van der Waals surface area contributed by atoms with Crippen LogP contribution in [0, 0.1) is 11.6 Å². The lowest BCUT2D eigenvalue weighted by atomic mass is 10.3. The minimum atomic E-state index is -3.61. The fraction of sp³-hybridized carbons (Fsp3) is 0.143. The van der Waals surface area contributed by atoms with Crippen LogP contribution in [0.1, 0.15) is 0 Å². The normalized spacial score (nSPS) is 12.3. The smallest absolute Gasteiger partial charge is 0.194 e. The van der Waals surface area contributed by atoms with Gasteiger partial charge in [0.05, 0.1) is 11.4 Å². The molecule has 0 fully saturated rings. The highest BCUT2D eigenvalue weighted by Crippen LogP contribution is 2.14. The molecule has 0 aliphatic rings. The van der Waals surface area contributed by atoms with E-state index in [-0.39, 0.29) is 0 Å². The van der Waals surface area contributed by atoms with E-state index in [0.717, 1.165) is 0 Å². The van der Waals surface area contributed by atoms with E-state index in [1.807, 2.05) is 0 Å². The average molecular weight is 338 g/mol. The molecule has 0 heterocycles. The van der Waals surface area contributed by atoms with Crippen LogP contribution in [0.2, 0.25) is 0 Å². The van der Waals surface area contributed by atoms with Gasteiger partial charge in [0.25, 0.3) is 0 Å². The van der Waals surface area contributed by atoms with Gasteiger partial charge in [0.2, 0.25) is 0 Å². The van der Waals surface area contributed by atoms with E-state index in [1.165, 1.54) is 48.5 Å². The molecular weight excluding hydrogens is 326 g/mol. The van der Waals surface area contributed by atoms with Crippen LogP contribution in [0.25, 0.3) is 0 Å². The molecule has 0 bridgehead atoms. The molecule has 0 amide bonds. The maximum atomic E-state index is 12.7. The summed E-state index contributed by atoms with van der Waals surface area (Å²) in [6.45, 7) is 0. The molecule has 2 aromatic rings. The van der Waals surface area contributed by atoms with E-state index >= 15 is 0 Å². The highest BCUT2D eigenvalue weighted by atomic mass is 32.2. The zero-order chi connectivity index (χ0) is 16.7. The first-order valence-electron chi connectivity index (χ1n) is 6.41. The van der Waals surface area contributed by atoms with Gasteiger partial charge in [-0.15, -0.1) is 0 Å². The Balaban J connectivity index is 1.89. The standard InChI is InChI=1S/C14H12F2N4O2S/c15-11-1-5-13(6-2-11)19-17-9-23(21,22)10-18-20-14-7-3-12(16)4-8-14/h1-8H,9-10H2. The second kappa shape index (κ2) is 7.63. The van der Waals surface area contributed by atoms with Gasteiger partial charge < -0.3 is 0 Å². The maximum absolute atomic E-state index is 12.7. The van der Waals surface area contributed by atoms with Gasteiger partial charge in [-0.25, -0.2) is 17.2 Å². The highest BCUT2D eigenvalue weighted by Gasteiger charge is 2.08. The molecule has 0 radical (unpaired) electrons. The second-order valence-electron chi connectivity index (χ2n) is 4.44. The van der Waals surface area contributed by atoms with Crippen LogP contribution < -0.4 is 0 Å². The van der Waals surface area contributed by atoms with Crippen molar-refractivity contribution < 1.29 is 17.2 Å². The van der Waals surface area contributed by atoms with E-state index in [2.05, 4.69) is 20.5 Å². The van der Waals surface area contributed by atoms with Gasteiger partial charge in [-0.2, -0.15) is 20.5 Å². The molecule has 120 valence electrons. The summed E-state index contributed by atoms with van der Waals surface area (Å²) >= 11 is 0. The molecule has 23 heavy (non-hydrogen) atoms. The number of rotatable bonds is 6. The van der Waals surface area contributed by atoms with Gasteiger partial charge in [-0.1, -0.05) is 0 Å². The Morgan fingerprint density at radius 1 is 0.696 bits per heavy atom. The molecule has 2 rings (SSSR count). The first-order chi connectivity index (χ1) is 10.9. The largest absolute Gasteiger partial charge is 0.225 e. The summed E-state index contributed by atoms with van der Waals surface area (Å²) in [5.74, 6) is -1.96. The maximum Gasteiger partial charge on any atom is 0.194 e. The van der Waals surface area contributed by atoms with E-state index in [4.69, 9.17) is 0 Å². The lowest BCUT2D eigenvalue weighted by Gasteiger charge is -1.96. The minimum absolute atomic E-state index is 0.342. The number of benzene rings is 2. The molecular formula is C14H12F2N4O2S. The van der Waals surface area contributed by atoms with Crippen molar-refractivity contribution in [2.45, 2.75) is 0 Å². The fourth-order valence-electron chi connectivity index (χ4n) is 1.45. The number of azo groups is 2. The molecule has 0 aliphatic carbocycles. The monoisotopic (exact) mass is 338 g/mol. The molecule has 6 nitrogen and oxygen atoms in total. The molecule has 0 aromatic heterocycles. The van der Waals surface area contributed by atoms with E-state index < -0.39 is 33.2 Å². The number of sulfone groups is 1. The summed E-state index contributed by atoms with van der Waals surface area (Å²) in [6.07, 6.45) is 0. The Hall–Kier alpha value is -2.55. The van der Waals surface area contributed by atoms with E-state index in [1.54, 1.807) is 0 Å². The molecule has 0 unspecified atom stereocenters. The third-order valence-corrected chi connectivity index (χ3v) is 3.55. The van der Waals surface area contributed by atoms with Gasteiger partial charge >= 0.3 is 0 Å². The van der Waals surface area contributed by atoms with Crippen LogP contribution in [0.4, 0.5) is 20.2 Å².